The Labute approximate surface area is 193 Å². The Morgan fingerprint density at radius 2 is 2.18 bits per heavy atom. The van der Waals surface area contributed by atoms with Gasteiger partial charge in [0.1, 0.15) is 5.75 Å². The fourth-order valence-corrected chi connectivity index (χ4v) is 4.06. The summed E-state index contributed by atoms with van der Waals surface area (Å²) >= 11 is 5.94. The molecule has 0 spiro atoms. The molecule has 1 aliphatic carbocycles. The molecule has 2 aliphatic rings. The molecule has 2 aromatic rings. The minimum Gasteiger partial charge on any atom is -0.480 e. The van der Waals surface area contributed by atoms with Crippen molar-refractivity contribution in [1.29, 1.82) is 0 Å². The molecular weight excluding hydrogens is 463 g/mol. The van der Waals surface area contributed by atoms with Gasteiger partial charge in [-0.25, -0.2) is 4.68 Å². The second-order valence-corrected chi connectivity index (χ2v) is 8.66. The van der Waals surface area contributed by atoms with E-state index >= 15 is 0 Å². The fourth-order valence-electron chi connectivity index (χ4n) is 3.88. The van der Waals surface area contributed by atoms with Crippen LogP contribution in [0.1, 0.15) is 42.4 Å². The third kappa shape index (κ3) is 5.87. The van der Waals surface area contributed by atoms with Crippen LogP contribution in [-0.2, 0) is 9.53 Å². The number of benzene rings is 1. The van der Waals surface area contributed by atoms with Crippen LogP contribution in [0.2, 0.25) is 5.02 Å². The van der Waals surface area contributed by atoms with E-state index in [1.165, 1.54) is 0 Å². The zero-order valence-corrected chi connectivity index (χ0v) is 18.3. The first-order valence-electron chi connectivity index (χ1n) is 10.5. The number of aliphatic hydroxyl groups is 1. The lowest BCUT2D eigenvalue weighted by atomic mass is 9.98. The quantitative estimate of drug-likeness (QED) is 0.589. The van der Waals surface area contributed by atoms with Crippen LogP contribution in [0.4, 0.5) is 13.2 Å². The van der Waals surface area contributed by atoms with Crippen LogP contribution < -0.4 is 10.1 Å². The topological polar surface area (TPSA) is 85.6 Å². The number of aromatic nitrogens is 2. The number of nitrogens with zero attached hydrogens (tertiary/aromatic N) is 2. The molecule has 1 aliphatic heterocycles. The van der Waals surface area contributed by atoms with E-state index in [0.29, 0.717) is 34.9 Å². The maximum atomic E-state index is 12.5. The standard InChI is InChI=1S/C22H23ClF3N3O4/c1-12(29-10-14(9-28-29)16-6-13(16)11-32-22(24,25)26)4-5-27-21(31)20-8-18(30)17-7-15(23)2-3-19(17)33-20/h2-3,7,9-10,13,16,18,20,30H,1,4-6,8,11H2,(H,27,31)/t13-,16+,18-,20-/m1/s1. The molecule has 2 N–H and O–H groups in total. The maximum absolute atomic E-state index is 12.5. The van der Waals surface area contributed by atoms with Gasteiger partial charge >= 0.3 is 6.36 Å². The highest BCUT2D eigenvalue weighted by atomic mass is 35.5. The number of alkyl halides is 3. The first-order chi connectivity index (χ1) is 15.6. The van der Waals surface area contributed by atoms with Crippen molar-refractivity contribution in [1.82, 2.24) is 15.1 Å². The van der Waals surface area contributed by atoms with E-state index < -0.39 is 18.6 Å². The van der Waals surface area contributed by atoms with Gasteiger partial charge in [-0.15, -0.1) is 13.2 Å². The molecule has 0 radical (unpaired) electrons. The van der Waals surface area contributed by atoms with Crippen LogP contribution >= 0.6 is 11.6 Å². The maximum Gasteiger partial charge on any atom is 0.522 e. The summed E-state index contributed by atoms with van der Waals surface area (Å²) in [5.41, 5.74) is 2.01. The molecule has 1 fully saturated rings. The molecule has 0 saturated heterocycles. The molecule has 0 unspecified atom stereocenters. The lowest BCUT2D eigenvalue weighted by Crippen LogP contribution is -2.41. The molecule has 1 aromatic heterocycles. The van der Waals surface area contributed by atoms with Crippen LogP contribution in [0.5, 0.6) is 5.75 Å². The van der Waals surface area contributed by atoms with Gasteiger partial charge in [-0.05, 0) is 42.0 Å². The van der Waals surface area contributed by atoms with Crippen LogP contribution in [-0.4, -0.2) is 46.4 Å². The van der Waals surface area contributed by atoms with Crippen molar-refractivity contribution in [3.05, 3.63) is 53.3 Å². The van der Waals surface area contributed by atoms with E-state index in [9.17, 15) is 23.1 Å². The summed E-state index contributed by atoms with van der Waals surface area (Å²) in [4.78, 5) is 12.5. The van der Waals surface area contributed by atoms with Gasteiger partial charge in [-0.2, -0.15) is 5.10 Å². The first-order valence-corrected chi connectivity index (χ1v) is 10.8. The second kappa shape index (κ2) is 9.36. The van der Waals surface area contributed by atoms with Gasteiger partial charge in [0, 0.05) is 41.9 Å². The number of rotatable bonds is 8. The first kappa shape index (κ1) is 23.6. The lowest BCUT2D eigenvalue weighted by molar-refractivity contribution is -0.326. The zero-order chi connectivity index (χ0) is 23.8. The van der Waals surface area contributed by atoms with Crippen molar-refractivity contribution in [2.45, 2.75) is 43.8 Å². The van der Waals surface area contributed by atoms with E-state index in [2.05, 4.69) is 21.7 Å². The van der Waals surface area contributed by atoms with Crippen molar-refractivity contribution in [3.8, 4) is 5.75 Å². The molecule has 2 heterocycles. The van der Waals surface area contributed by atoms with Gasteiger partial charge in [0.05, 0.1) is 18.9 Å². The van der Waals surface area contributed by atoms with E-state index in [-0.39, 0.29) is 37.3 Å². The van der Waals surface area contributed by atoms with Gasteiger partial charge in [0.15, 0.2) is 6.10 Å². The average molecular weight is 486 g/mol. The van der Waals surface area contributed by atoms with Crippen molar-refractivity contribution in [3.63, 3.8) is 0 Å². The summed E-state index contributed by atoms with van der Waals surface area (Å²) in [6.07, 6.45) is -1.81. The largest absolute Gasteiger partial charge is 0.522 e. The number of ether oxygens (including phenoxy) is 2. The monoisotopic (exact) mass is 485 g/mol. The van der Waals surface area contributed by atoms with Gasteiger partial charge in [0.25, 0.3) is 5.91 Å². The molecule has 33 heavy (non-hydrogen) atoms. The number of carbonyl (C=O) groups is 1. The SMILES string of the molecule is C=C(CCNC(=O)[C@H]1C[C@@H](O)c2cc(Cl)ccc2O1)n1cc([C@H]2C[C@@H]2COC(F)(F)F)cn1. The summed E-state index contributed by atoms with van der Waals surface area (Å²) in [6.45, 7) is 3.88. The highest BCUT2D eigenvalue weighted by Crippen LogP contribution is 2.48. The van der Waals surface area contributed by atoms with Crippen LogP contribution in [0.3, 0.4) is 0 Å². The number of hydrogen-bond donors (Lipinski definition) is 2. The number of amides is 1. The Morgan fingerprint density at radius 3 is 2.94 bits per heavy atom. The molecular formula is C22H23ClF3N3O4. The van der Waals surface area contributed by atoms with Gasteiger partial charge in [-0.3, -0.25) is 9.53 Å². The third-order valence-corrected chi connectivity index (χ3v) is 6.02. The summed E-state index contributed by atoms with van der Waals surface area (Å²) in [7, 11) is 0. The van der Waals surface area contributed by atoms with E-state index in [4.69, 9.17) is 16.3 Å². The Balaban J connectivity index is 1.22. The molecule has 178 valence electrons. The van der Waals surface area contributed by atoms with Crippen LogP contribution in [0.15, 0.2) is 37.2 Å². The van der Waals surface area contributed by atoms with Crippen molar-refractivity contribution in [2.24, 2.45) is 5.92 Å². The Hall–Kier alpha value is -2.56. The van der Waals surface area contributed by atoms with Gasteiger partial charge < -0.3 is 15.2 Å². The molecule has 4 atom stereocenters. The normalized spacial score (nSPS) is 24.0. The Kier molecular flexibility index (Phi) is 6.69. The highest BCUT2D eigenvalue weighted by molar-refractivity contribution is 6.30. The van der Waals surface area contributed by atoms with Crippen molar-refractivity contribution >= 4 is 23.2 Å². The molecule has 1 aromatic carbocycles. The average Bonchev–Trinajstić information content (AvgIpc) is 3.37. The van der Waals surface area contributed by atoms with Gasteiger partial charge in [-0.1, -0.05) is 18.2 Å². The smallest absolute Gasteiger partial charge is 0.480 e. The molecule has 1 saturated carbocycles. The Morgan fingerprint density at radius 1 is 1.39 bits per heavy atom. The molecule has 0 bridgehead atoms. The highest BCUT2D eigenvalue weighted by Gasteiger charge is 2.42. The second-order valence-electron chi connectivity index (χ2n) is 8.22. The predicted molar refractivity (Wildman–Crippen MR) is 113 cm³/mol. The van der Waals surface area contributed by atoms with E-state index in [1.54, 1.807) is 35.3 Å². The fraction of sp³-hybridized carbons (Fsp3) is 0.455. The van der Waals surface area contributed by atoms with E-state index in [1.807, 2.05) is 0 Å². The minimum absolute atomic E-state index is 0.0127. The van der Waals surface area contributed by atoms with Crippen LogP contribution in [0, 0.1) is 5.92 Å². The number of hydrogen-bond acceptors (Lipinski definition) is 5. The summed E-state index contributed by atoms with van der Waals surface area (Å²) in [5, 5.41) is 17.8. The molecule has 7 nitrogen and oxygen atoms in total. The molecule has 1 amide bonds. The number of nitrogens with one attached hydrogen (secondary N) is 1. The summed E-state index contributed by atoms with van der Waals surface area (Å²) in [5.74, 6) is -0.120. The predicted octanol–water partition coefficient (Wildman–Crippen LogP) is 4.04. The zero-order valence-electron chi connectivity index (χ0n) is 17.5. The number of aliphatic hydroxyl groups excluding tert-OH is 1. The number of carbonyl (C=O) groups excluding carboxylic acids is 1. The van der Waals surface area contributed by atoms with Gasteiger partial charge in [0.2, 0.25) is 0 Å². The number of fused-ring (bicyclic) bond motifs is 1. The van der Waals surface area contributed by atoms with Crippen molar-refractivity contribution < 1.29 is 32.5 Å². The minimum atomic E-state index is -4.62. The van der Waals surface area contributed by atoms with E-state index in [0.717, 1.165) is 5.56 Å². The molecule has 11 heteroatoms. The van der Waals surface area contributed by atoms with Crippen LogP contribution in [0.25, 0.3) is 5.70 Å². The third-order valence-electron chi connectivity index (χ3n) is 5.78. The molecule has 4 rings (SSSR count). The summed E-state index contributed by atoms with van der Waals surface area (Å²) < 4.78 is 47.7. The summed E-state index contributed by atoms with van der Waals surface area (Å²) in [6, 6.07) is 4.87. The van der Waals surface area contributed by atoms with Crippen molar-refractivity contribution in [2.75, 3.05) is 13.2 Å². The lowest BCUT2D eigenvalue weighted by Gasteiger charge is -2.29. The Bertz CT molecular complexity index is 1040. The number of halogens is 4.